The van der Waals surface area contributed by atoms with Crippen LogP contribution in [-0.4, -0.2) is 182 Å². The van der Waals surface area contributed by atoms with Crippen LogP contribution in [0.15, 0.2) is 5.16 Å². The fourth-order valence-corrected chi connectivity index (χ4v) is 9.33. The summed E-state index contributed by atoms with van der Waals surface area (Å²) >= 11 is 0. The SMILES string of the molecule is CC[C@H]1OC(=O)[C@H](C)[C@@H](OC2CC(C)(OC)C(O)C(C)O2)[C@H](C)[C@@H](OC2OC(C)CC(N(C)C)C2O)[C@](C)(OC)C[C@@H](C)/C(=N\OCCCN(C)C)[C@H](C)[C@@H](O)[C@]1(C)O. The zero-order chi connectivity index (χ0) is 44.8. The van der Waals surface area contributed by atoms with E-state index >= 15 is 0 Å². The van der Waals surface area contributed by atoms with E-state index in [1.807, 2.05) is 60.8 Å². The molecule has 0 bridgehead atoms. The van der Waals surface area contributed by atoms with Crippen molar-refractivity contribution in [3.05, 3.63) is 0 Å². The van der Waals surface area contributed by atoms with E-state index < -0.39 is 102 Å². The molecule has 3 fully saturated rings. The van der Waals surface area contributed by atoms with Gasteiger partial charge in [-0.15, -0.1) is 0 Å². The molecule has 0 radical (unpaired) electrons. The van der Waals surface area contributed by atoms with Gasteiger partial charge < -0.3 is 68.2 Å². The first-order valence-corrected chi connectivity index (χ1v) is 21.6. The Hall–Kier alpha value is -1.54. The molecule has 59 heavy (non-hydrogen) atoms. The number of nitrogens with zero attached hydrogens (tertiary/aromatic N) is 3. The highest BCUT2D eigenvalue weighted by Crippen LogP contribution is 2.42. The predicted octanol–water partition coefficient (Wildman–Crippen LogP) is 3.19. The van der Waals surface area contributed by atoms with E-state index in [0.29, 0.717) is 25.2 Å². The second kappa shape index (κ2) is 21.7. The number of hydrogen-bond acceptors (Lipinski definition) is 16. The molecule has 0 saturated carbocycles. The van der Waals surface area contributed by atoms with Gasteiger partial charge >= 0.3 is 5.97 Å². The monoisotopic (exact) mass is 848 g/mol. The second-order valence-electron chi connectivity index (χ2n) is 18.7. The van der Waals surface area contributed by atoms with Crippen molar-refractivity contribution in [2.45, 2.75) is 186 Å². The lowest BCUT2D eigenvalue weighted by molar-refractivity contribution is -0.319. The van der Waals surface area contributed by atoms with E-state index in [1.54, 1.807) is 41.7 Å². The third-order valence-corrected chi connectivity index (χ3v) is 13.3. The summed E-state index contributed by atoms with van der Waals surface area (Å²) in [6.07, 6.45) is -7.48. The molecule has 4 N–H and O–H groups in total. The molecule has 18 atom stereocenters. The van der Waals surface area contributed by atoms with Gasteiger partial charge in [0.2, 0.25) is 0 Å². The van der Waals surface area contributed by atoms with E-state index in [1.165, 1.54) is 14.0 Å². The van der Waals surface area contributed by atoms with E-state index in [0.717, 1.165) is 6.54 Å². The van der Waals surface area contributed by atoms with Crippen LogP contribution in [0.5, 0.6) is 0 Å². The molecule has 3 rings (SSSR count). The summed E-state index contributed by atoms with van der Waals surface area (Å²) in [6, 6.07) is -0.272. The number of carbonyl (C=O) groups excluding carboxylic acids is 1. The third-order valence-electron chi connectivity index (χ3n) is 13.3. The molecule has 0 spiro atoms. The first-order valence-electron chi connectivity index (χ1n) is 21.6. The average molecular weight is 848 g/mol. The highest BCUT2D eigenvalue weighted by Gasteiger charge is 2.54. The molecule has 0 aromatic carbocycles. The van der Waals surface area contributed by atoms with Crippen LogP contribution < -0.4 is 0 Å². The van der Waals surface area contributed by atoms with E-state index in [9.17, 15) is 25.2 Å². The predicted molar refractivity (Wildman–Crippen MR) is 223 cm³/mol. The number of oxime groups is 1. The Morgan fingerprint density at radius 1 is 0.864 bits per heavy atom. The zero-order valence-corrected chi connectivity index (χ0v) is 38.9. The van der Waals surface area contributed by atoms with Gasteiger partial charge in [-0.25, -0.2) is 0 Å². The quantitative estimate of drug-likeness (QED) is 0.120. The Morgan fingerprint density at radius 3 is 2.05 bits per heavy atom. The number of ether oxygens (including phenoxy) is 7. The summed E-state index contributed by atoms with van der Waals surface area (Å²) in [7, 11) is 10.9. The minimum Gasteiger partial charge on any atom is -0.459 e. The second-order valence-corrected chi connectivity index (χ2v) is 18.7. The van der Waals surface area contributed by atoms with Gasteiger partial charge in [-0.1, -0.05) is 32.9 Å². The van der Waals surface area contributed by atoms with Crippen LogP contribution >= 0.6 is 0 Å². The molecule has 3 heterocycles. The van der Waals surface area contributed by atoms with Gasteiger partial charge in [0.1, 0.15) is 30.5 Å². The lowest BCUT2D eigenvalue weighted by atomic mass is 9.73. The maximum atomic E-state index is 14.4. The average Bonchev–Trinajstić information content (AvgIpc) is 3.17. The van der Waals surface area contributed by atoms with Gasteiger partial charge in [-0.05, 0) is 95.4 Å². The highest BCUT2D eigenvalue weighted by atomic mass is 16.7. The number of aliphatic hydroxyl groups excluding tert-OH is 3. The molecule has 0 aromatic heterocycles. The van der Waals surface area contributed by atoms with Crippen molar-refractivity contribution in [3.63, 3.8) is 0 Å². The van der Waals surface area contributed by atoms with Crippen LogP contribution in [0.25, 0.3) is 0 Å². The maximum absolute atomic E-state index is 14.4. The van der Waals surface area contributed by atoms with Gasteiger partial charge in [0.25, 0.3) is 0 Å². The van der Waals surface area contributed by atoms with E-state index in [4.69, 9.17) is 38.0 Å². The summed E-state index contributed by atoms with van der Waals surface area (Å²) in [5, 5.41) is 51.5. The standard InChI is InChI=1S/C43H81N3O13/c1-17-31-43(10,51)36(48)26(4)33(44-54-20-18-19-45(11)12)24(2)22-42(9,53-16)38(59-40-34(47)30(46(13)14)21-25(3)55-40)27(5)35(28(6)39(50)57-31)58-32-23-41(8,52-15)37(49)29(7)56-32/h24-32,34-38,40,47-49,51H,17-23H2,1-16H3/b44-33+/t24-,25?,26+,27+,28-,29?,30?,31-,32?,34?,35+,36-,37?,38-,40?,41?,42-,43-/m1/s1. The Kier molecular flexibility index (Phi) is 19.1. The molecular weight excluding hydrogens is 766 g/mol. The van der Waals surface area contributed by atoms with Crippen molar-refractivity contribution >= 4 is 11.7 Å². The van der Waals surface area contributed by atoms with Gasteiger partial charge in [0.05, 0.1) is 53.4 Å². The van der Waals surface area contributed by atoms with Crippen LogP contribution in [0.1, 0.15) is 101 Å². The molecule has 16 heteroatoms. The van der Waals surface area contributed by atoms with Crippen molar-refractivity contribution < 1.29 is 63.2 Å². The van der Waals surface area contributed by atoms with Crippen molar-refractivity contribution in [1.82, 2.24) is 9.80 Å². The van der Waals surface area contributed by atoms with Crippen molar-refractivity contribution in [1.29, 1.82) is 0 Å². The minimum atomic E-state index is -1.90. The number of aliphatic hydroxyl groups is 4. The third kappa shape index (κ3) is 12.3. The number of rotatable bonds is 13. The molecule has 16 nitrogen and oxygen atoms in total. The maximum Gasteiger partial charge on any atom is 0.311 e. The van der Waals surface area contributed by atoms with Crippen LogP contribution in [0.4, 0.5) is 0 Å². The number of cyclic esters (lactones) is 1. The summed E-state index contributed by atoms with van der Waals surface area (Å²) in [5.41, 5.74) is -3.63. The van der Waals surface area contributed by atoms with Gasteiger partial charge in [0, 0.05) is 51.0 Å². The lowest BCUT2D eigenvalue weighted by Crippen LogP contribution is -2.61. The Balaban J connectivity index is 2.27. The fraction of sp³-hybridized carbons (Fsp3) is 0.953. The van der Waals surface area contributed by atoms with E-state index in [-0.39, 0.29) is 31.4 Å². The van der Waals surface area contributed by atoms with Gasteiger partial charge in [-0.2, -0.15) is 0 Å². The summed E-state index contributed by atoms with van der Waals surface area (Å²) in [5.74, 6) is -3.53. The summed E-state index contributed by atoms with van der Waals surface area (Å²) < 4.78 is 44.8. The first-order chi connectivity index (χ1) is 27.4. The Bertz CT molecular complexity index is 1340. The minimum absolute atomic E-state index is 0.140. The number of esters is 1. The van der Waals surface area contributed by atoms with Crippen molar-refractivity contribution in [2.24, 2.45) is 28.8 Å². The first kappa shape index (κ1) is 51.8. The Labute approximate surface area is 354 Å². The molecular formula is C43H81N3O13. The topological polar surface area (TPSA) is 191 Å². The Morgan fingerprint density at radius 2 is 1.49 bits per heavy atom. The smallest absolute Gasteiger partial charge is 0.311 e. The van der Waals surface area contributed by atoms with Gasteiger partial charge in [-0.3, -0.25) is 4.79 Å². The largest absolute Gasteiger partial charge is 0.459 e. The molecule has 3 aliphatic heterocycles. The van der Waals surface area contributed by atoms with Crippen molar-refractivity contribution in [2.75, 3.05) is 55.6 Å². The number of likely N-dealkylation sites (N-methyl/N-ethyl adjacent to an activating group) is 1. The van der Waals surface area contributed by atoms with E-state index in [2.05, 4.69) is 10.1 Å². The zero-order valence-electron chi connectivity index (χ0n) is 38.9. The number of carbonyl (C=O) groups is 1. The summed E-state index contributed by atoms with van der Waals surface area (Å²) in [6.45, 7) is 19.0. The molecule has 3 saturated heterocycles. The summed E-state index contributed by atoms with van der Waals surface area (Å²) in [4.78, 5) is 24.3. The van der Waals surface area contributed by atoms with Crippen LogP contribution in [0, 0.1) is 23.7 Å². The van der Waals surface area contributed by atoms with Crippen LogP contribution in [0.3, 0.4) is 0 Å². The molecule has 0 amide bonds. The van der Waals surface area contributed by atoms with Crippen LogP contribution in [-0.2, 0) is 42.8 Å². The molecule has 346 valence electrons. The molecule has 3 aliphatic rings. The highest BCUT2D eigenvalue weighted by molar-refractivity contribution is 5.88. The van der Waals surface area contributed by atoms with Crippen LogP contribution in [0.2, 0.25) is 0 Å². The van der Waals surface area contributed by atoms with Crippen molar-refractivity contribution in [3.8, 4) is 0 Å². The normalized spacial score (nSPS) is 45.4. The molecule has 8 unspecified atom stereocenters. The lowest BCUT2D eigenvalue weighted by Gasteiger charge is -2.50. The molecule has 0 aromatic rings. The number of hydrogen-bond donors (Lipinski definition) is 4. The van der Waals surface area contributed by atoms with Gasteiger partial charge in [0.15, 0.2) is 12.6 Å². The fourth-order valence-electron chi connectivity index (χ4n) is 9.33. The molecule has 0 aliphatic carbocycles. The number of methoxy groups -OCH3 is 2.